The highest BCUT2D eigenvalue weighted by Gasteiger charge is 2.19. The van der Waals surface area contributed by atoms with E-state index in [0.29, 0.717) is 29.4 Å². The van der Waals surface area contributed by atoms with Gasteiger partial charge in [0, 0.05) is 25.2 Å². The molecule has 0 aliphatic heterocycles. The van der Waals surface area contributed by atoms with E-state index in [1.165, 1.54) is 25.3 Å². The largest absolute Gasteiger partial charge is 0.493 e. The maximum atomic E-state index is 13.0. The highest BCUT2D eigenvalue weighted by Crippen LogP contribution is 2.30. The van der Waals surface area contributed by atoms with Crippen molar-refractivity contribution in [1.29, 1.82) is 0 Å². The van der Waals surface area contributed by atoms with Gasteiger partial charge in [0.2, 0.25) is 0 Å². The fourth-order valence-electron chi connectivity index (χ4n) is 3.12. The maximum Gasteiger partial charge on any atom is 0.270 e. The van der Waals surface area contributed by atoms with Crippen LogP contribution in [0.3, 0.4) is 0 Å². The number of para-hydroxylation sites is 1. The van der Waals surface area contributed by atoms with Crippen molar-refractivity contribution >= 4 is 17.5 Å². The molecule has 10 nitrogen and oxygen atoms in total. The Hall–Kier alpha value is -4.60. The molecule has 0 aliphatic rings. The van der Waals surface area contributed by atoms with E-state index in [-0.39, 0.29) is 36.1 Å². The molecular formula is C25H25N3O7. The number of nitro benzene ring substituents is 1. The average molecular weight is 479 g/mol. The molecule has 0 fully saturated rings. The summed E-state index contributed by atoms with van der Waals surface area (Å²) in [5, 5.41) is 16.6. The lowest BCUT2D eigenvalue weighted by atomic mass is 10.1. The highest BCUT2D eigenvalue weighted by atomic mass is 16.6. The summed E-state index contributed by atoms with van der Waals surface area (Å²) in [7, 11) is 1.47. The van der Waals surface area contributed by atoms with Gasteiger partial charge < -0.3 is 24.8 Å². The smallest absolute Gasteiger partial charge is 0.270 e. The monoisotopic (exact) mass is 479 g/mol. The number of nitrogens with one attached hydrogen (secondary N) is 2. The average Bonchev–Trinajstić information content (AvgIpc) is 2.87. The van der Waals surface area contributed by atoms with Crippen LogP contribution < -0.4 is 24.8 Å². The Labute approximate surface area is 202 Å². The Bertz CT molecular complexity index is 1200. The van der Waals surface area contributed by atoms with Gasteiger partial charge >= 0.3 is 0 Å². The third-order valence-corrected chi connectivity index (χ3v) is 4.80. The maximum absolute atomic E-state index is 13.0. The predicted octanol–water partition coefficient (Wildman–Crippen LogP) is 3.84. The summed E-state index contributed by atoms with van der Waals surface area (Å²) in [6.45, 7) is 2.27. The number of nitro groups is 1. The Morgan fingerprint density at radius 1 is 0.943 bits per heavy atom. The van der Waals surface area contributed by atoms with Crippen LogP contribution in [0.1, 0.15) is 22.8 Å². The SMILES string of the molecule is CCNC(=O)COc1ccc(CNC(=O)c2cc([N+](=O)[O-])ccc2Oc2ccccc2)cc1OC. The first-order chi connectivity index (χ1) is 16.9. The molecule has 10 heteroatoms. The predicted molar refractivity (Wildman–Crippen MR) is 128 cm³/mol. The van der Waals surface area contributed by atoms with Crippen molar-refractivity contribution < 1.29 is 28.7 Å². The minimum absolute atomic E-state index is 0.0249. The third-order valence-electron chi connectivity index (χ3n) is 4.80. The summed E-state index contributed by atoms with van der Waals surface area (Å²) >= 11 is 0. The van der Waals surface area contributed by atoms with E-state index in [1.807, 2.05) is 13.0 Å². The minimum Gasteiger partial charge on any atom is -0.493 e. The van der Waals surface area contributed by atoms with Gasteiger partial charge in [0.25, 0.3) is 17.5 Å². The molecule has 0 spiro atoms. The second kappa shape index (κ2) is 12.0. The third kappa shape index (κ3) is 6.94. The van der Waals surface area contributed by atoms with Crippen LogP contribution in [0.25, 0.3) is 0 Å². The molecule has 3 aromatic rings. The second-order valence-electron chi connectivity index (χ2n) is 7.26. The van der Waals surface area contributed by atoms with Crippen molar-refractivity contribution in [3.05, 3.63) is 88.0 Å². The van der Waals surface area contributed by atoms with Crippen LogP contribution >= 0.6 is 0 Å². The number of nitrogens with zero attached hydrogens (tertiary/aromatic N) is 1. The molecule has 0 aromatic heterocycles. The lowest BCUT2D eigenvalue weighted by Crippen LogP contribution is -2.28. The van der Waals surface area contributed by atoms with Gasteiger partial charge in [0.15, 0.2) is 18.1 Å². The van der Waals surface area contributed by atoms with E-state index in [1.54, 1.807) is 42.5 Å². The van der Waals surface area contributed by atoms with Gasteiger partial charge in [0.05, 0.1) is 17.6 Å². The molecule has 0 bridgehead atoms. The van der Waals surface area contributed by atoms with Crippen LogP contribution in [0.5, 0.6) is 23.0 Å². The molecule has 0 saturated heterocycles. The zero-order chi connectivity index (χ0) is 25.2. The van der Waals surface area contributed by atoms with Crippen LogP contribution in [0.15, 0.2) is 66.7 Å². The highest BCUT2D eigenvalue weighted by molar-refractivity contribution is 5.97. The van der Waals surface area contributed by atoms with Crippen LogP contribution in [-0.4, -0.2) is 37.0 Å². The fraction of sp³-hybridized carbons (Fsp3) is 0.200. The number of carbonyl (C=O) groups excluding carboxylic acids is 2. The van der Waals surface area contributed by atoms with Gasteiger partial charge in [-0.3, -0.25) is 19.7 Å². The standard InChI is InChI=1S/C25H25N3O7/c1-3-26-24(29)16-34-22-11-9-17(13-23(22)33-2)15-27-25(30)20-14-18(28(31)32)10-12-21(20)35-19-7-5-4-6-8-19/h4-14H,3,15-16H2,1-2H3,(H,26,29)(H,27,30). The van der Waals surface area contributed by atoms with Crippen molar-refractivity contribution in [1.82, 2.24) is 10.6 Å². The fourth-order valence-corrected chi connectivity index (χ4v) is 3.12. The number of benzene rings is 3. The molecule has 0 heterocycles. The van der Waals surface area contributed by atoms with Crippen LogP contribution in [0.4, 0.5) is 5.69 Å². The molecule has 2 amide bonds. The van der Waals surface area contributed by atoms with Crippen molar-refractivity contribution in [3.63, 3.8) is 0 Å². The lowest BCUT2D eigenvalue weighted by molar-refractivity contribution is -0.384. The molecule has 3 aromatic carbocycles. The number of hydrogen-bond acceptors (Lipinski definition) is 7. The lowest BCUT2D eigenvalue weighted by Gasteiger charge is -2.14. The Morgan fingerprint density at radius 3 is 2.37 bits per heavy atom. The van der Waals surface area contributed by atoms with Crippen molar-refractivity contribution in [3.8, 4) is 23.0 Å². The van der Waals surface area contributed by atoms with Crippen molar-refractivity contribution in [2.75, 3.05) is 20.3 Å². The number of amides is 2. The molecule has 0 unspecified atom stereocenters. The zero-order valence-electron chi connectivity index (χ0n) is 19.3. The van der Waals surface area contributed by atoms with Gasteiger partial charge in [-0.15, -0.1) is 0 Å². The van der Waals surface area contributed by atoms with Crippen molar-refractivity contribution in [2.45, 2.75) is 13.5 Å². The summed E-state index contributed by atoms with van der Waals surface area (Å²) in [5.74, 6) is 0.649. The molecule has 0 saturated carbocycles. The van der Waals surface area contributed by atoms with Crippen LogP contribution in [0, 0.1) is 10.1 Å². The molecule has 3 rings (SSSR count). The van der Waals surface area contributed by atoms with E-state index in [0.717, 1.165) is 0 Å². The number of hydrogen-bond donors (Lipinski definition) is 2. The van der Waals surface area contributed by atoms with Crippen molar-refractivity contribution in [2.24, 2.45) is 0 Å². The van der Waals surface area contributed by atoms with Gasteiger partial charge in [-0.1, -0.05) is 24.3 Å². The number of rotatable bonds is 11. The molecule has 35 heavy (non-hydrogen) atoms. The first-order valence-corrected chi connectivity index (χ1v) is 10.8. The Balaban J connectivity index is 1.74. The summed E-state index contributed by atoms with van der Waals surface area (Å²) in [5.41, 5.74) is 0.485. The van der Waals surface area contributed by atoms with E-state index in [2.05, 4.69) is 10.6 Å². The molecule has 0 aliphatic carbocycles. The van der Waals surface area contributed by atoms with Gasteiger partial charge in [-0.05, 0) is 42.8 Å². The Morgan fingerprint density at radius 2 is 1.69 bits per heavy atom. The molecule has 2 N–H and O–H groups in total. The Kier molecular flexibility index (Phi) is 8.60. The molecule has 0 atom stereocenters. The molecular weight excluding hydrogens is 454 g/mol. The zero-order valence-corrected chi connectivity index (χ0v) is 19.3. The summed E-state index contributed by atoms with van der Waals surface area (Å²) < 4.78 is 16.6. The van der Waals surface area contributed by atoms with Gasteiger partial charge in [-0.2, -0.15) is 0 Å². The van der Waals surface area contributed by atoms with Gasteiger partial charge in [-0.25, -0.2) is 0 Å². The number of ether oxygens (including phenoxy) is 3. The molecule has 182 valence electrons. The van der Waals surface area contributed by atoms with E-state index >= 15 is 0 Å². The molecule has 0 radical (unpaired) electrons. The quantitative estimate of drug-likeness (QED) is 0.316. The second-order valence-corrected chi connectivity index (χ2v) is 7.26. The minimum atomic E-state index is -0.576. The first-order valence-electron chi connectivity index (χ1n) is 10.8. The summed E-state index contributed by atoms with van der Waals surface area (Å²) in [6, 6.07) is 17.7. The van der Waals surface area contributed by atoms with Crippen LogP contribution in [0.2, 0.25) is 0 Å². The first kappa shape index (κ1) is 25.0. The number of non-ortho nitro benzene ring substituents is 1. The topological polar surface area (TPSA) is 129 Å². The van der Waals surface area contributed by atoms with Crippen LogP contribution in [-0.2, 0) is 11.3 Å². The number of likely N-dealkylation sites (N-methyl/N-ethyl adjacent to an activating group) is 1. The summed E-state index contributed by atoms with van der Waals surface area (Å²) in [4.78, 5) is 35.2. The van der Waals surface area contributed by atoms with E-state index in [9.17, 15) is 19.7 Å². The normalized spacial score (nSPS) is 10.2. The number of carbonyl (C=O) groups is 2. The van der Waals surface area contributed by atoms with E-state index in [4.69, 9.17) is 14.2 Å². The summed E-state index contributed by atoms with van der Waals surface area (Å²) in [6.07, 6.45) is 0. The number of methoxy groups -OCH3 is 1. The van der Waals surface area contributed by atoms with Gasteiger partial charge in [0.1, 0.15) is 11.5 Å². The van der Waals surface area contributed by atoms with E-state index < -0.39 is 10.8 Å².